The van der Waals surface area contributed by atoms with Crippen molar-refractivity contribution >= 4 is 0 Å². The normalized spacial score (nSPS) is 27.4. The molecule has 0 saturated carbocycles. The molecule has 4 atom stereocenters. The summed E-state index contributed by atoms with van der Waals surface area (Å²) < 4.78 is 10.6. The van der Waals surface area contributed by atoms with Crippen LogP contribution in [0.3, 0.4) is 0 Å². The third-order valence-electron chi connectivity index (χ3n) is 6.24. The van der Waals surface area contributed by atoms with E-state index < -0.39 is 5.60 Å². The molecule has 2 aromatic carbocycles. The summed E-state index contributed by atoms with van der Waals surface area (Å²) in [5.41, 5.74) is 1.67. The molecule has 28 heavy (non-hydrogen) atoms. The Balaban J connectivity index is 1.92. The number of unbranched alkanes of at least 4 members (excludes halogenated alkanes) is 1. The second-order valence-electron chi connectivity index (χ2n) is 7.94. The van der Waals surface area contributed by atoms with Crippen LogP contribution in [-0.2, 0) is 0 Å². The Hall–Kier alpha value is -2.04. The molecule has 1 saturated heterocycles. The van der Waals surface area contributed by atoms with Crippen LogP contribution >= 0.6 is 0 Å². The molecule has 2 N–H and O–H groups in total. The zero-order valence-electron chi connectivity index (χ0n) is 17.4. The van der Waals surface area contributed by atoms with Crippen LogP contribution in [0.2, 0.25) is 0 Å². The molecule has 0 aromatic heterocycles. The number of benzene rings is 2. The first-order chi connectivity index (χ1) is 13.5. The summed E-state index contributed by atoms with van der Waals surface area (Å²) >= 11 is 0. The Labute approximate surface area is 168 Å². The SMILES string of the molecule is CCCC[C@]1(O)C[C@H](c2ccc(OC)cc2)N[C@@H](c2ccc(OC)cc2)[C@@H]1C. The van der Waals surface area contributed by atoms with Crippen LogP contribution in [0.5, 0.6) is 11.5 Å². The zero-order chi connectivity index (χ0) is 20.1. The molecule has 0 radical (unpaired) electrons. The highest BCUT2D eigenvalue weighted by molar-refractivity contribution is 5.33. The van der Waals surface area contributed by atoms with Crippen molar-refractivity contribution in [3.05, 3.63) is 59.7 Å². The van der Waals surface area contributed by atoms with Crippen molar-refractivity contribution in [3.63, 3.8) is 0 Å². The van der Waals surface area contributed by atoms with Gasteiger partial charge in [-0.05, 0) is 48.2 Å². The van der Waals surface area contributed by atoms with E-state index in [0.29, 0.717) is 6.42 Å². The van der Waals surface area contributed by atoms with Gasteiger partial charge in [-0.1, -0.05) is 51.0 Å². The summed E-state index contributed by atoms with van der Waals surface area (Å²) in [5, 5.41) is 15.4. The van der Waals surface area contributed by atoms with E-state index in [1.807, 2.05) is 24.3 Å². The van der Waals surface area contributed by atoms with E-state index in [4.69, 9.17) is 9.47 Å². The second-order valence-corrected chi connectivity index (χ2v) is 7.94. The van der Waals surface area contributed by atoms with Crippen molar-refractivity contribution < 1.29 is 14.6 Å². The van der Waals surface area contributed by atoms with E-state index in [-0.39, 0.29) is 18.0 Å². The summed E-state index contributed by atoms with van der Waals surface area (Å²) in [4.78, 5) is 0. The quantitative estimate of drug-likeness (QED) is 0.703. The Morgan fingerprint density at radius 3 is 2.00 bits per heavy atom. The highest BCUT2D eigenvalue weighted by Gasteiger charge is 2.45. The van der Waals surface area contributed by atoms with Crippen LogP contribution in [0, 0.1) is 5.92 Å². The second kappa shape index (κ2) is 8.97. The predicted octanol–water partition coefficient (Wildman–Crippen LogP) is 5.04. The Bertz CT molecular complexity index is 743. The molecule has 0 aliphatic carbocycles. The lowest BCUT2D eigenvalue weighted by atomic mass is 9.70. The van der Waals surface area contributed by atoms with E-state index in [0.717, 1.165) is 30.8 Å². The highest BCUT2D eigenvalue weighted by atomic mass is 16.5. The van der Waals surface area contributed by atoms with E-state index in [9.17, 15) is 5.11 Å². The zero-order valence-corrected chi connectivity index (χ0v) is 17.4. The Morgan fingerprint density at radius 1 is 0.964 bits per heavy atom. The summed E-state index contributed by atoms with van der Waals surface area (Å²) in [6.07, 6.45) is 3.66. The number of nitrogens with one attached hydrogen (secondary N) is 1. The average Bonchev–Trinajstić information content (AvgIpc) is 2.74. The molecule has 1 aliphatic rings. The highest BCUT2D eigenvalue weighted by Crippen LogP contribution is 2.45. The van der Waals surface area contributed by atoms with Gasteiger partial charge in [0.15, 0.2) is 0 Å². The molecule has 1 fully saturated rings. The molecule has 152 valence electrons. The maximum Gasteiger partial charge on any atom is 0.118 e. The minimum Gasteiger partial charge on any atom is -0.497 e. The molecular weight excluding hydrogens is 350 g/mol. The maximum atomic E-state index is 11.6. The van der Waals surface area contributed by atoms with Gasteiger partial charge in [-0.15, -0.1) is 0 Å². The van der Waals surface area contributed by atoms with Gasteiger partial charge in [0, 0.05) is 18.0 Å². The van der Waals surface area contributed by atoms with Gasteiger partial charge in [-0.25, -0.2) is 0 Å². The number of ether oxygens (including phenoxy) is 2. The molecular formula is C24H33NO3. The largest absolute Gasteiger partial charge is 0.497 e. The van der Waals surface area contributed by atoms with E-state index in [1.54, 1.807) is 14.2 Å². The van der Waals surface area contributed by atoms with Crippen LogP contribution in [0.15, 0.2) is 48.5 Å². The standard InChI is InChI=1S/C24H33NO3/c1-5-6-15-24(26)16-22(18-7-11-20(27-3)12-8-18)25-23(17(24)2)19-9-13-21(28-4)14-10-19/h7-14,17,22-23,25-26H,5-6,15-16H2,1-4H3/t17-,22+,23+,24-/m0/s1. The molecule has 4 nitrogen and oxygen atoms in total. The van der Waals surface area contributed by atoms with Crippen molar-refractivity contribution in [1.82, 2.24) is 5.32 Å². The van der Waals surface area contributed by atoms with Gasteiger partial charge in [0.05, 0.1) is 19.8 Å². The van der Waals surface area contributed by atoms with Crippen LogP contribution in [0.1, 0.15) is 62.7 Å². The number of rotatable bonds is 7. The topological polar surface area (TPSA) is 50.7 Å². The van der Waals surface area contributed by atoms with Gasteiger partial charge in [0.25, 0.3) is 0 Å². The Morgan fingerprint density at radius 2 is 1.50 bits per heavy atom. The van der Waals surface area contributed by atoms with Crippen LogP contribution in [0.4, 0.5) is 0 Å². The molecule has 4 heteroatoms. The maximum absolute atomic E-state index is 11.6. The number of methoxy groups -OCH3 is 2. The van der Waals surface area contributed by atoms with Crippen molar-refractivity contribution in [2.75, 3.05) is 14.2 Å². The van der Waals surface area contributed by atoms with Gasteiger partial charge in [0.1, 0.15) is 11.5 Å². The minimum atomic E-state index is -0.698. The first-order valence-electron chi connectivity index (χ1n) is 10.3. The van der Waals surface area contributed by atoms with Crippen molar-refractivity contribution in [1.29, 1.82) is 0 Å². The molecule has 1 heterocycles. The van der Waals surface area contributed by atoms with Crippen molar-refractivity contribution in [2.45, 2.75) is 57.2 Å². The van der Waals surface area contributed by atoms with Gasteiger partial charge in [-0.2, -0.15) is 0 Å². The molecule has 2 aromatic rings. The summed E-state index contributed by atoms with van der Waals surface area (Å²) in [6, 6.07) is 16.5. The van der Waals surface area contributed by atoms with Gasteiger partial charge < -0.3 is 19.9 Å². The first kappa shape index (κ1) is 20.7. The van der Waals surface area contributed by atoms with Crippen LogP contribution in [0.25, 0.3) is 0 Å². The fourth-order valence-electron chi connectivity index (χ4n) is 4.33. The first-order valence-corrected chi connectivity index (χ1v) is 10.3. The monoisotopic (exact) mass is 383 g/mol. The predicted molar refractivity (Wildman–Crippen MR) is 113 cm³/mol. The third kappa shape index (κ3) is 4.34. The van der Waals surface area contributed by atoms with Crippen molar-refractivity contribution in [3.8, 4) is 11.5 Å². The molecule has 0 amide bonds. The number of hydrogen-bond acceptors (Lipinski definition) is 4. The fraction of sp³-hybridized carbons (Fsp3) is 0.500. The third-order valence-corrected chi connectivity index (χ3v) is 6.24. The summed E-state index contributed by atoms with van der Waals surface area (Å²) in [7, 11) is 3.36. The van der Waals surface area contributed by atoms with Gasteiger partial charge in [-0.3, -0.25) is 0 Å². The number of aliphatic hydroxyl groups is 1. The minimum absolute atomic E-state index is 0.0774. The molecule has 0 spiro atoms. The Kier molecular flexibility index (Phi) is 6.63. The summed E-state index contributed by atoms with van der Waals surface area (Å²) in [5.74, 6) is 1.81. The lowest BCUT2D eigenvalue weighted by Crippen LogP contribution is -2.52. The van der Waals surface area contributed by atoms with Crippen LogP contribution < -0.4 is 14.8 Å². The lowest BCUT2D eigenvalue weighted by Gasteiger charge is -2.48. The molecule has 0 bridgehead atoms. The van der Waals surface area contributed by atoms with Gasteiger partial charge in [0.2, 0.25) is 0 Å². The van der Waals surface area contributed by atoms with Crippen LogP contribution in [-0.4, -0.2) is 24.9 Å². The number of hydrogen-bond donors (Lipinski definition) is 2. The number of piperidine rings is 1. The van der Waals surface area contributed by atoms with Gasteiger partial charge >= 0.3 is 0 Å². The summed E-state index contributed by atoms with van der Waals surface area (Å²) in [6.45, 7) is 4.35. The van der Waals surface area contributed by atoms with Crippen molar-refractivity contribution in [2.24, 2.45) is 5.92 Å². The molecule has 0 unspecified atom stereocenters. The van der Waals surface area contributed by atoms with E-state index >= 15 is 0 Å². The smallest absolute Gasteiger partial charge is 0.118 e. The molecule has 1 aliphatic heterocycles. The molecule has 3 rings (SSSR count). The fourth-order valence-corrected chi connectivity index (χ4v) is 4.33. The average molecular weight is 384 g/mol. The lowest BCUT2D eigenvalue weighted by molar-refractivity contribution is -0.0752. The van der Waals surface area contributed by atoms with E-state index in [1.165, 1.54) is 11.1 Å². The van der Waals surface area contributed by atoms with E-state index in [2.05, 4.69) is 43.4 Å².